The first kappa shape index (κ1) is 17.0. The molecule has 1 heterocycles. The summed E-state index contributed by atoms with van der Waals surface area (Å²) in [5.74, 6) is 0. The Morgan fingerprint density at radius 1 is 1.30 bits per heavy atom. The Morgan fingerprint density at radius 2 is 2.05 bits per heavy atom. The van der Waals surface area contributed by atoms with Gasteiger partial charge in [0.25, 0.3) is 0 Å². The second kappa shape index (κ2) is 8.95. The lowest BCUT2D eigenvalue weighted by molar-refractivity contribution is 0.208. The Morgan fingerprint density at radius 3 is 2.65 bits per heavy atom. The number of aromatic nitrogens is 1. The van der Waals surface area contributed by atoms with Gasteiger partial charge in [0, 0.05) is 31.4 Å². The first-order chi connectivity index (χ1) is 9.54. The fraction of sp³-hybridized carbons (Fsp3) is 0.733. The van der Waals surface area contributed by atoms with Crippen molar-refractivity contribution in [1.29, 1.82) is 0 Å². The van der Waals surface area contributed by atoms with E-state index >= 15 is 0 Å². The largest absolute Gasteiger partial charge is 0.338 e. The van der Waals surface area contributed by atoms with Crippen molar-refractivity contribution in [2.75, 3.05) is 20.1 Å². The summed E-state index contributed by atoms with van der Waals surface area (Å²) in [6, 6.07) is 0.0195. The van der Waals surface area contributed by atoms with Crippen LogP contribution in [0.1, 0.15) is 48.2 Å². The highest BCUT2D eigenvalue weighted by atomic mass is 32.1. The van der Waals surface area contributed by atoms with Gasteiger partial charge >= 0.3 is 6.03 Å². The minimum atomic E-state index is 0.0195. The number of thiazole rings is 1. The maximum Gasteiger partial charge on any atom is 0.317 e. The van der Waals surface area contributed by atoms with E-state index in [1.165, 1.54) is 24.1 Å². The van der Waals surface area contributed by atoms with E-state index in [0.717, 1.165) is 30.1 Å². The molecule has 1 rings (SSSR count). The van der Waals surface area contributed by atoms with E-state index in [0.29, 0.717) is 6.54 Å². The van der Waals surface area contributed by atoms with Crippen LogP contribution in [0.2, 0.25) is 0 Å². The lowest BCUT2D eigenvalue weighted by Crippen LogP contribution is -2.38. The standard InChI is InChI=1S/C15H27N3OS/c1-5-6-7-8-11-18(4)15(19)16-10-9-14-12(2)20-13(3)17-14/h5-11H2,1-4H3,(H,16,19). The molecule has 0 aliphatic heterocycles. The summed E-state index contributed by atoms with van der Waals surface area (Å²) in [5, 5.41) is 4.05. The summed E-state index contributed by atoms with van der Waals surface area (Å²) in [5.41, 5.74) is 1.11. The van der Waals surface area contributed by atoms with Crippen LogP contribution in [0.4, 0.5) is 4.79 Å². The van der Waals surface area contributed by atoms with Crippen molar-refractivity contribution < 1.29 is 4.79 Å². The maximum atomic E-state index is 11.9. The number of aryl methyl sites for hydroxylation is 2. The fourth-order valence-corrected chi connectivity index (χ4v) is 2.97. The number of rotatable bonds is 8. The molecular formula is C15H27N3OS. The number of nitrogens with one attached hydrogen (secondary N) is 1. The molecule has 1 N–H and O–H groups in total. The third-order valence-electron chi connectivity index (χ3n) is 3.33. The molecule has 0 atom stereocenters. The summed E-state index contributed by atoms with van der Waals surface area (Å²) in [7, 11) is 1.86. The highest BCUT2D eigenvalue weighted by molar-refractivity contribution is 7.11. The number of carbonyl (C=O) groups excluding carboxylic acids is 1. The number of hydrogen-bond acceptors (Lipinski definition) is 3. The predicted molar refractivity (Wildman–Crippen MR) is 85.5 cm³/mol. The van der Waals surface area contributed by atoms with Crippen LogP contribution in [-0.4, -0.2) is 36.1 Å². The van der Waals surface area contributed by atoms with Crippen molar-refractivity contribution in [2.24, 2.45) is 0 Å². The van der Waals surface area contributed by atoms with E-state index in [9.17, 15) is 4.79 Å². The van der Waals surface area contributed by atoms with E-state index in [4.69, 9.17) is 0 Å². The van der Waals surface area contributed by atoms with E-state index in [-0.39, 0.29) is 6.03 Å². The van der Waals surface area contributed by atoms with Gasteiger partial charge < -0.3 is 10.2 Å². The van der Waals surface area contributed by atoms with Crippen LogP contribution in [-0.2, 0) is 6.42 Å². The zero-order valence-corrected chi connectivity index (χ0v) is 14.0. The van der Waals surface area contributed by atoms with Gasteiger partial charge in [-0.2, -0.15) is 0 Å². The van der Waals surface area contributed by atoms with Crippen molar-refractivity contribution in [3.63, 3.8) is 0 Å². The zero-order valence-electron chi connectivity index (χ0n) is 13.2. The average molecular weight is 297 g/mol. The molecule has 1 aromatic rings. The third-order valence-corrected chi connectivity index (χ3v) is 4.26. The second-order valence-electron chi connectivity index (χ2n) is 5.20. The molecular weight excluding hydrogens is 270 g/mol. The molecule has 0 radical (unpaired) electrons. The summed E-state index contributed by atoms with van der Waals surface area (Å²) in [4.78, 5) is 19.4. The van der Waals surface area contributed by atoms with Gasteiger partial charge in [-0.3, -0.25) is 0 Å². The summed E-state index contributed by atoms with van der Waals surface area (Å²) in [6.45, 7) is 7.78. The van der Waals surface area contributed by atoms with Crippen LogP contribution in [0.5, 0.6) is 0 Å². The average Bonchev–Trinajstić information content (AvgIpc) is 2.72. The Labute approximate surface area is 126 Å². The Kier molecular flexibility index (Phi) is 7.59. The van der Waals surface area contributed by atoms with Gasteiger partial charge in [0.2, 0.25) is 0 Å². The van der Waals surface area contributed by atoms with E-state index in [1.807, 2.05) is 14.0 Å². The molecule has 1 aromatic heterocycles. The maximum absolute atomic E-state index is 11.9. The highest BCUT2D eigenvalue weighted by Gasteiger charge is 2.09. The quantitative estimate of drug-likeness (QED) is 0.746. The molecule has 5 heteroatoms. The summed E-state index contributed by atoms with van der Waals surface area (Å²) in [6.07, 6.45) is 5.57. The Hall–Kier alpha value is -1.10. The first-order valence-electron chi connectivity index (χ1n) is 7.46. The molecule has 0 spiro atoms. The normalized spacial score (nSPS) is 10.6. The summed E-state index contributed by atoms with van der Waals surface area (Å²) < 4.78 is 0. The van der Waals surface area contributed by atoms with Gasteiger partial charge in [0.1, 0.15) is 0 Å². The number of urea groups is 1. The Balaban J connectivity index is 2.20. The van der Waals surface area contributed by atoms with Gasteiger partial charge in [0.05, 0.1) is 10.7 Å². The topological polar surface area (TPSA) is 45.2 Å². The lowest BCUT2D eigenvalue weighted by atomic mass is 10.2. The van der Waals surface area contributed by atoms with E-state index < -0.39 is 0 Å². The molecule has 114 valence electrons. The SMILES string of the molecule is CCCCCCN(C)C(=O)NCCc1nc(C)sc1C. The van der Waals surface area contributed by atoms with Gasteiger partial charge in [-0.1, -0.05) is 26.2 Å². The Bertz CT molecular complexity index is 417. The van der Waals surface area contributed by atoms with Crippen LogP contribution in [0.25, 0.3) is 0 Å². The molecule has 20 heavy (non-hydrogen) atoms. The molecule has 0 bridgehead atoms. The second-order valence-corrected chi connectivity index (χ2v) is 6.61. The van der Waals surface area contributed by atoms with Crippen molar-refractivity contribution in [3.8, 4) is 0 Å². The van der Waals surface area contributed by atoms with Crippen molar-refractivity contribution >= 4 is 17.4 Å². The van der Waals surface area contributed by atoms with E-state index in [1.54, 1.807) is 16.2 Å². The molecule has 0 aliphatic rings. The number of hydrogen-bond donors (Lipinski definition) is 1. The van der Waals surface area contributed by atoms with Crippen molar-refractivity contribution in [2.45, 2.75) is 52.9 Å². The molecule has 0 saturated heterocycles. The van der Waals surface area contributed by atoms with Crippen LogP contribution >= 0.6 is 11.3 Å². The van der Waals surface area contributed by atoms with Gasteiger partial charge in [0.15, 0.2) is 0 Å². The van der Waals surface area contributed by atoms with E-state index in [2.05, 4.69) is 24.1 Å². The zero-order chi connectivity index (χ0) is 15.0. The highest BCUT2D eigenvalue weighted by Crippen LogP contribution is 2.16. The number of nitrogens with zero attached hydrogens (tertiary/aromatic N) is 2. The van der Waals surface area contributed by atoms with Gasteiger partial charge in [-0.25, -0.2) is 9.78 Å². The van der Waals surface area contributed by atoms with Gasteiger partial charge in [-0.05, 0) is 20.3 Å². The molecule has 2 amide bonds. The van der Waals surface area contributed by atoms with Crippen molar-refractivity contribution in [3.05, 3.63) is 15.6 Å². The molecule has 0 fully saturated rings. The number of carbonyl (C=O) groups is 1. The molecule has 0 unspecified atom stereocenters. The molecule has 0 saturated carbocycles. The first-order valence-corrected chi connectivity index (χ1v) is 8.28. The predicted octanol–water partition coefficient (Wildman–Crippen LogP) is 3.52. The van der Waals surface area contributed by atoms with Crippen LogP contribution in [0.15, 0.2) is 0 Å². The third kappa shape index (κ3) is 5.90. The minimum Gasteiger partial charge on any atom is -0.338 e. The lowest BCUT2D eigenvalue weighted by Gasteiger charge is -2.17. The van der Waals surface area contributed by atoms with Crippen LogP contribution in [0.3, 0.4) is 0 Å². The van der Waals surface area contributed by atoms with Gasteiger partial charge in [-0.15, -0.1) is 11.3 Å². The number of amides is 2. The van der Waals surface area contributed by atoms with Crippen LogP contribution < -0.4 is 5.32 Å². The fourth-order valence-electron chi connectivity index (χ4n) is 2.10. The minimum absolute atomic E-state index is 0.0195. The summed E-state index contributed by atoms with van der Waals surface area (Å²) >= 11 is 1.72. The van der Waals surface area contributed by atoms with Crippen LogP contribution in [0, 0.1) is 13.8 Å². The molecule has 0 aromatic carbocycles. The molecule has 0 aliphatic carbocycles. The molecule has 4 nitrogen and oxygen atoms in total. The van der Waals surface area contributed by atoms with Crippen molar-refractivity contribution in [1.82, 2.24) is 15.2 Å². The smallest absolute Gasteiger partial charge is 0.317 e. The number of unbranched alkanes of at least 4 members (excludes halogenated alkanes) is 3. The monoisotopic (exact) mass is 297 g/mol.